The van der Waals surface area contributed by atoms with Gasteiger partial charge in [0, 0.05) is 63.1 Å². The number of hydrogen-bond donors (Lipinski definition) is 1. The maximum absolute atomic E-state index is 13.9. The van der Waals surface area contributed by atoms with Gasteiger partial charge in [-0.25, -0.2) is 19.3 Å². The Kier molecular flexibility index (Phi) is 10.2. The highest BCUT2D eigenvalue weighted by Crippen LogP contribution is 2.40. The van der Waals surface area contributed by atoms with E-state index in [9.17, 15) is 4.39 Å². The molecular weight excluding hydrogens is 531 g/mol. The van der Waals surface area contributed by atoms with Crippen molar-refractivity contribution in [3.63, 3.8) is 0 Å². The molecule has 0 amide bonds. The standard InChI is InChI=1S/C33H41FN6O2/c1-4-6-18-35-33-36-19-17-28(37-33)32-31(24-11-13-26(34)14-12-24)38-30-16-15-27(40(30)32)23-39(20-21-41-3)22-25-9-7-8-10-29(25)42-5-2/h7-14,17,19,27H,4-6,15-16,18,20-23H2,1-3H3,(H,35,36,37)/t27-/m0/s1. The van der Waals surface area contributed by atoms with Crippen LogP contribution in [0.5, 0.6) is 5.75 Å². The number of fused-ring (bicyclic) bond motifs is 1. The van der Waals surface area contributed by atoms with Crippen LogP contribution in [0.1, 0.15) is 50.5 Å². The zero-order valence-corrected chi connectivity index (χ0v) is 24.9. The molecule has 1 aliphatic rings. The molecule has 9 heteroatoms. The lowest BCUT2D eigenvalue weighted by molar-refractivity contribution is 0.133. The molecule has 1 N–H and O–H groups in total. The average Bonchev–Trinajstić information content (AvgIpc) is 3.57. The molecule has 0 radical (unpaired) electrons. The molecule has 1 atom stereocenters. The molecule has 3 heterocycles. The van der Waals surface area contributed by atoms with Crippen molar-refractivity contribution in [1.82, 2.24) is 24.4 Å². The topological polar surface area (TPSA) is 77.3 Å². The van der Waals surface area contributed by atoms with Gasteiger partial charge < -0.3 is 19.4 Å². The van der Waals surface area contributed by atoms with Crippen molar-refractivity contribution in [2.75, 3.05) is 45.3 Å². The fourth-order valence-corrected chi connectivity index (χ4v) is 5.58. The van der Waals surface area contributed by atoms with Crippen LogP contribution in [0.25, 0.3) is 22.6 Å². The molecule has 4 aromatic rings. The van der Waals surface area contributed by atoms with Crippen molar-refractivity contribution in [3.05, 3.63) is 78.0 Å². The van der Waals surface area contributed by atoms with Gasteiger partial charge in [0.25, 0.3) is 0 Å². The Bertz CT molecular complexity index is 1440. The zero-order chi connectivity index (χ0) is 29.3. The van der Waals surface area contributed by atoms with Crippen LogP contribution < -0.4 is 10.1 Å². The number of halogens is 1. The molecule has 0 unspecified atom stereocenters. The number of ether oxygens (including phenoxy) is 2. The number of methoxy groups -OCH3 is 1. The van der Waals surface area contributed by atoms with Gasteiger partial charge in [0.2, 0.25) is 5.95 Å². The van der Waals surface area contributed by atoms with E-state index in [1.165, 1.54) is 12.1 Å². The van der Waals surface area contributed by atoms with E-state index in [1.54, 1.807) is 25.4 Å². The summed E-state index contributed by atoms with van der Waals surface area (Å²) < 4.78 is 27.7. The van der Waals surface area contributed by atoms with Crippen LogP contribution in [0, 0.1) is 5.82 Å². The molecule has 0 bridgehead atoms. The first-order valence-electron chi connectivity index (χ1n) is 15.0. The first-order valence-corrected chi connectivity index (χ1v) is 15.0. The first kappa shape index (κ1) is 29.7. The van der Waals surface area contributed by atoms with E-state index < -0.39 is 0 Å². The molecule has 5 rings (SSSR count). The van der Waals surface area contributed by atoms with Crippen LogP contribution in [0.4, 0.5) is 10.3 Å². The Morgan fingerprint density at radius 1 is 1.07 bits per heavy atom. The summed E-state index contributed by atoms with van der Waals surface area (Å²) in [4.78, 5) is 16.9. The van der Waals surface area contributed by atoms with Crippen LogP contribution in [0.2, 0.25) is 0 Å². The predicted octanol–water partition coefficient (Wildman–Crippen LogP) is 6.39. The number of aryl methyl sites for hydroxylation is 1. The van der Waals surface area contributed by atoms with Crippen molar-refractivity contribution in [2.45, 2.75) is 52.1 Å². The fraction of sp³-hybridized carbons (Fsp3) is 0.424. The lowest BCUT2D eigenvalue weighted by Gasteiger charge is -2.28. The number of nitrogens with zero attached hydrogens (tertiary/aromatic N) is 5. The molecule has 8 nitrogen and oxygen atoms in total. The highest BCUT2D eigenvalue weighted by Gasteiger charge is 2.32. The Labute approximate surface area is 247 Å². The maximum Gasteiger partial charge on any atom is 0.223 e. The number of rotatable bonds is 15. The van der Waals surface area contributed by atoms with E-state index in [-0.39, 0.29) is 11.9 Å². The van der Waals surface area contributed by atoms with Gasteiger partial charge >= 0.3 is 0 Å². The van der Waals surface area contributed by atoms with Gasteiger partial charge in [-0.05, 0) is 56.2 Å². The molecule has 1 aliphatic heterocycles. The van der Waals surface area contributed by atoms with Crippen molar-refractivity contribution < 1.29 is 13.9 Å². The highest BCUT2D eigenvalue weighted by atomic mass is 19.1. The Morgan fingerprint density at radius 2 is 1.90 bits per heavy atom. The van der Waals surface area contributed by atoms with E-state index in [4.69, 9.17) is 19.4 Å². The molecule has 2 aromatic heterocycles. The number of para-hydroxylation sites is 1. The minimum Gasteiger partial charge on any atom is -0.494 e. The lowest BCUT2D eigenvalue weighted by Crippen LogP contribution is -2.32. The summed E-state index contributed by atoms with van der Waals surface area (Å²) in [5, 5.41) is 3.36. The van der Waals surface area contributed by atoms with Crippen LogP contribution in [0.3, 0.4) is 0 Å². The molecule has 2 aromatic carbocycles. The second-order valence-electron chi connectivity index (χ2n) is 10.6. The van der Waals surface area contributed by atoms with Crippen LogP contribution in [-0.4, -0.2) is 64.4 Å². The van der Waals surface area contributed by atoms with E-state index in [2.05, 4.69) is 38.8 Å². The maximum atomic E-state index is 13.9. The molecule has 0 saturated heterocycles. The normalized spacial score (nSPS) is 14.4. The second-order valence-corrected chi connectivity index (χ2v) is 10.6. The van der Waals surface area contributed by atoms with Crippen LogP contribution >= 0.6 is 0 Å². The summed E-state index contributed by atoms with van der Waals surface area (Å²) in [5.74, 6) is 2.27. The Morgan fingerprint density at radius 3 is 2.69 bits per heavy atom. The fourth-order valence-electron chi connectivity index (χ4n) is 5.58. The minimum absolute atomic E-state index is 0.180. The number of imidazole rings is 1. The number of nitrogens with one attached hydrogen (secondary N) is 1. The first-order chi connectivity index (χ1) is 20.6. The summed E-state index contributed by atoms with van der Waals surface area (Å²) in [5.41, 5.74) is 4.59. The van der Waals surface area contributed by atoms with Gasteiger partial charge in [0.05, 0.1) is 30.3 Å². The number of anilines is 1. The number of aromatic nitrogens is 4. The van der Waals surface area contributed by atoms with E-state index in [0.29, 0.717) is 19.2 Å². The zero-order valence-electron chi connectivity index (χ0n) is 24.9. The van der Waals surface area contributed by atoms with Gasteiger partial charge in [0.15, 0.2) is 0 Å². The minimum atomic E-state index is -0.268. The smallest absolute Gasteiger partial charge is 0.223 e. The molecular formula is C33H41FN6O2. The van der Waals surface area contributed by atoms with Gasteiger partial charge in [-0.1, -0.05) is 31.5 Å². The number of unbranched alkanes of at least 4 members (excludes halogenated alkanes) is 1. The van der Waals surface area contributed by atoms with Crippen molar-refractivity contribution >= 4 is 5.95 Å². The van der Waals surface area contributed by atoms with E-state index in [1.807, 2.05) is 25.1 Å². The molecule has 0 fully saturated rings. The summed E-state index contributed by atoms with van der Waals surface area (Å²) in [6.45, 7) is 8.60. The molecule has 0 spiro atoms. The number of hydrogen-bond acceptors (Lipinski definition) is 7. The second kappa shape index (κ2) is 14.4. The van der Waals surface area contributed by atoms with Crippen molar-refractivity contribution in [2.24, 2.45) is 0 Å². The average molecular weight is 573 g/mol. The van der Waals surface area contributed by atoms with Gasteiger partial charge in [-0.2, -0.15) is 0 Å². The van der Waals surface area contributed by atoms with Crippen LogP contribution in [0.15, 0.2) is 60.8 Å². The molecule has 0 saturated carbocycles. The van der Waals surface area contributed by atoms with E-state index in [0.717, 1.165) is 91.6 Å². The summed E-state index contributed by atoms with van der Waals surface area (Å²) >= 11 is 0. The molecule has 222 valence electrons. The van der Waals surface area contributed by atoms with Gasteiger partial charge in [0.1, 0.15) is 17.4 Å². The monoisotopic (exact) mass is 572 g/mol. The van der Waals surface area contributed by atoms with E-state index >= 15 is 0 Å². The van der Waals surface area contributed by atoms with Crippen molar-refractivity contribution in [3.8, 4) is 28.4 Å². The summed E-state index contributed by atoms with van der Waals surface area (Å²) in [6, 6.07) is 16.9. The lowest BCUT2D eigenvalue weighted by atomic mass is 10.1. The third-order valence-electron chi connectivity index (χ3n) is 7.63. The van der Waals surface area contributed by atoms with Crippen LogP contribution in [-0.2, 0) is 17.7 Å². The molecule has 0 aliphatic carbocycles. The SMILES string of the molecule is CCCCNc1nccc(-c2c(-c3ccc(F)cc3)nc3n2[C@H](CN(CCOC)Cc2ccccc2OCC)CC3)n1. The van der Waals surface area contributed by atoms with Crippen molar-refractivity contribution in [1.29, 1.82) is 0 Å². The summed E-state index contributed by atoms with van der Waals surface area (Å²) in [7, 11) is 1.74. The number of benzene rings is 2. The largest absolute Gasteiger partial charge is 0.494 e. The summed E-state index contributed by atoms with van der Waals surface area (Å²) in [6.07, 6.45) is 5.77. The highest BCUT2D eigenvalue weighted by molar-refractivity contribution is 5.78. The van der Waals surface area contributed by atoms with Gasteiger partial charge in [-0.3, -0.25) is 4.90 Å². The molecule has 42 heavy (non-hydrogen) atoms. The predicted molar refractivity (Wildman–Crippen MR) is 164 cm³/mol. The Hall–Kier alpha value is -3.82. The quantitative estimate of drug-likeness (QED) is 0.165. The Balaban J connectivity index is 1.51. The van der Waals surface area contributed by atoms with Gasteiger partial charge in [-0.15, -0.1) is 0 Å². The third-order valence-corrected chi connectivity index (χ3v) is 7.63. The third kappa shape index (κ3) is 6.97.